The predicted molar refractivity (Wildman–Crippen MR) is 75.1 cm³/mol. The maximum atomic E-state index is 11.9. The molecule has 0 saturated carbocycles. The molecule has 94 valence electrons. The highest BCUT2D eigenvalue weighted by molar-refractivity contribution is 7.80. The minimum Gasteiger partial charge on any atom is -0.288 e. The Bertz CT molecular complexity index is 422. The van der Waals surface area contributed by atoms with E-state index in [1.165, 1.54) is 0 Å². The fourth-order valence-corrected chi connectivity index (χ4v) is 3.14. The third kappa shape index (κ3) is 2.65. The first-order chi connectivity index (χ1) is 7.91. The zero-order valence-electron chi connectivity index (χ0n) is 10.4. The first-order valence-corrected chi connectivity index (χ1v) is 7.30. The van der Waals surface area contributed by atoms with Gasteiger partial charge < -0.3 is 0 Å². The van der Waals surface area contributed by atoms with Crippen molar-refractivity contribution in [3.8, 4) is 0 Å². The second-order valence-electron chi connectivity index (χ2n) is 5.52. The number of amides is 1. The average Bonchev–Trinajstić information content (AvgIpc) is 2.82. The molecule has 1 saturated heterocycles. The quantitative estimate of drug-likeness (QED) is 0.838. The third-order valence-corrected chi connectivity index (χ3v) is 4.33. The number of rotatable bonds is 2. The Hall–Kier alpha value is -0.550. The second kappa shape index (κ2) is 4.61. The fraction of sp³-hybridized carbons (Fsp3) is 0.667. The van der Waals surface area contributed by atoms with Crippen molar-refractivity contribution in [2.75, 3.05) is 17.2 Å². The van der Waals surface area contributed by atoms with Crippen LogP contribution in [-0.2, 0) is 10.2 Å². The number of thiol groups is 1. The number of anilines is 1. The second-order valence-corrected chi connectivity index (χ2v) is 6.72. The molecule has 0 bridgehead atoms. The average molecular weight is 270 g/mol. The van der Waals surface area contributed by atoms with Gasteiger partial charge in [0.05, 0.1) is 5.69 Å². The minimum atomic E-state index is 0.0421. The Labute approximate surface area is 112 Å². The first kappa shape index (κ1) is 12.9. The molecule has 1 aromatic rings. The highest BCUT2D eigenvalue weighted by Gasteiger charge is 2.32. The van der Waals surface area contributed by atoms with E-state index in [0.29, 0.717) is 12.3 Å². The molecular formula is C12H18N2OS2. The third-order valence-electron chi connectivity index (χ3n) is 2.95. The van der Waals surface area contributed by atoms with Gasteiger partial charge in [-0.3, -0.25) is 9.69 Å². The maximum Gasteiger partial charge on any atom is 0.229 e. The standard InChI is InChI=1S/C12H18N2OS2/c1-12(2,3)9-7-17-11(13-9)14-5-8(6-16)4-10(14)15/h7-8,16H,4-6H2,1-3H3. The van der Waals surface area contributed by atoms with Crippen molar-refractivity contribution in [1.29, 1.82) is 0 Å². The fourth-order valence-electron chi connectivity index (χ4n) is 1.82. The highest BCUT2D eigenvalue weighted by Crippen LogP contribution is 2.32. The van der Waals surface area contributed by atoms with Crippen LogP contribution in [0.3, 0.4) is 0 Å². The molecule has 0 aliphatic carbocycles. The monoisotopic (exact) mass is 270 g/mol. The summed E-state index contributed by atoms with van der Waals surface area (Å²) in [6.07, 6.45) is 0.605. The summed E-state index contributed by atoms with van der Waals surface area (Å²) in [5.41, 5.74) is 1.10. The summed E-state index contributed by atoms with van der Waals surface area (Å²) in [6.45, 7) is 7.16. The van der Waals surface area contributed by atoms with Gasteiger partial charge in [-0.05, 0) is 11.7 Å². The number of aromatic nitrogens is 1. The van der Waals surface area contributed by atoms with Crippen molar-refractivity contribution in [1.82, 2.24) is 4.98 Å². The predicted octanol–water partition coefficient (Wildman–Crippen LogP) is 2.72. The normalized spacial score (nSPS) is 21.3. The number of carbonyl (C=O) groups excluding carboxylic acids is 1. The van der Waals surface area contributed by atoms with Crippen LogP contribution >= 0.6 is 24.0 Å². The van der Waals surface area contributed by atoms with E-state index in [4.69, 9.17) is 0 Å². The molecule has 1 fully saturated rings. The Kier molecular flexibility index (Phi) is 3.50. The highest BCUT2D eigenvalue weighted by atomic mass is 32.1. The van der Waals surface area contributed by atoms with E-state index in [-0.39, 0.29) is 11.3 Å². The summed E-state index contributed by atoms with van der Waals surface area (Å²) in [4.78, 5) is 18.2. The summed E-state index contributed by atoms with van der Waals surface area (Å²) in [5, 5.41) is 2.89. The van der Waals surface area contributed by atoms with Crippen LogP contribution in [-0.4, -0.2) is 23.2 Å². The molecule has 0 radical (unpaired) electrons. The van der Waals surface area contributed by atoms with Gasteiger partial charge in [0, 0.05) is 23.8 Å². The maximum absolute atomic E-state index is 11.9. The van der Waals surface area contributed by atoms with E-state index < -0.39 is 0 Å². The number of nitrogens with zero attached hydrogens (tertiary/aromatic N) is 2. The summed E-state index contributed by atoms with van der Waals surface area (Å²) >= 11 is 5.82. The Balaban J connectivity index is 2.19. The Morgan fingerprint density at radius 2 is 2.29 bits per heavy atom. The SMILES string of the molecule is CC(C)(C)c1csc(N2CC(CS)CC2=O)n1. The topological polar surface area (TPSA) is 33.2 Å². The van der Waals surface area contributed by atoms with E-state index in [1.807, 2.05) is 0 Å². The van der Waals surface area contributed by atoms with Gasteiger partial charge in [0.2, 0.25) is 5.91 Å². The van der Waals surface area contributed by atoms with Gasteiger partial charge >= 0.3 is 0 Å². The van der Waals surface area contributed by atoms with Crippen molar-refractivity contribution >= 4 is 35.0 Å². The summed E-state index contributed by atoms with van der Waals surface area (Å²) in [7, 11) is 0. The molecule has 1 amide bonds. The van der Waals surface area contributed by atoms with Crippen molar-refractivity contribution in [3.05, 3.63) is 11.1 Å². The lowest BCUT2D eigenvalue weighted by molar-refractivity contribution is -0.117. The van der Waals surface area contributed by atoms with Crippen LogP contribution in [0.2, 0.25) is 0 Å². The Morgan fingerprint density at radius 3 is 2.76 bits per heavy atom. The molecule has 3 nitrogen and oxygen atoms in total. The lowest BCUT2D eigenvalue weighted by Gasteiger charge is -2.15. The van der Waals surface area contributed by atoms with E-state index in [9.17, 15) is 4.79 Å². The van der Waals surface area contributed by atoms with Crippen LogP contribution in [0, 0.1) is 5.92 Å². The van der Waals surface area contributed by atoms with Crippen LogP contribution in [0.25, 0.3) is 0 Å². The van der Waals surface area contributed by atoms with Gasteiger partial charge in [-0.25, -0.2) is 4.98 Å². The molecule has 0 spiro atoms. The van der Waals surface area contributed by atoms with Crippen LogP contribution < -0.4 is 4.90 Å². The molecule has 1 aliphatic rings. The molecular weight excluding hydrogens is 252 g/mol. The van der Waals surface area contributed by atoms with Crippen LogP contribution in [0.5, 0.6) is 0 Å². The molecule has 0 N–H and O–H groups in total. The minimum absolute atomic E-state index is 0.0421. The molecule has 5 heteroatoms. The summed E-state index contributed by atoms with van der Waals surface area (Å²) in [5.74, 6) is 1.31. The Morgan fingerprint density at radius 1 is 1.59 bits per heavy atom. The van der Waals surface area contributed by atoms with Gasteiger partial charge in [-0.2, -0.15) is 12.6 Å². The van der Waals surface area contributed by atoms with Crippen LogP contribution in [0.1, 0.15) is 32.9 Å². The van der Waals surface area contributed by atoms with E-state index >= 15 is 0 Å². The smallest absolute Gasteiger partial charge is 0.229 e. The van der Waals surface area contributed by atoms with E-state index in [1.54, 1.807) is 16.2 Å². The molecule has 1 atom stereocenters. The molecule has 2 heterocycles. The largest absolute Gasteiger partial charge is 0.288 e. The number of carbonyl (C=O) groups is 1. The van der Waals surface area contributed by atoms with Crippen molar-refractivity contribution in [2.45, 2.75) is 32.6 Å². The lowest BCUT2D eigenvalue weighted by Crippen LogP contribution is -2.25. The number of hydrogen-bond donors (Lipinski definition) is 1. The number of thiazole rings is 1. The summed E-state index contributed by atoms with van der Waals surface area (Å²) < 4.78 is 0. The molecule has 2 rings (SSSR count). The first-order valence-electron chi connectivity index (χ1n) is 5.79. The lowest BCUT2D eigenvalue weighted by atomic mass is 9.93. The zero-order valence-corrected chi connectivity index (χ0v) is 12.1. The molecule has 1 aliphatic heterocycles. The molecule has 0 aromatic carbocycles. The van der Waals surface area contributed by atoms with Gasteiger partial charge in [0.25, 0.3) is 0 Å². The van der Waals surface area contributed by atoms with E-state index in [2.05, 4.69) is 43.8 Å². The van der Waals surface area contributed by atoms with Gasteiger partial charge in [-0.1, -0.05) is 20.8 Å². The van der Waals surface area contributed by atoms with Crippen molar-refractivity contribution in [3.63, 3.8) is 0 Å². The molecule has 1 unspecified atom stereocenters. The molecule has 17 heavy (non-hydrogen) atoms. The van der Waals surface area contributed by atoms with Gasteiger partial charge in [-0.15, -0.1) is 11.3 Å². The zero-order chi connectivity index (χ0) is 12.6. The van der Waals surface area contributed by atoms with E-state index in [0.717, 1.165) is 23.1 Å². The van der Waals surface area contributed by atoms with Crippen molar-refractivity contribution < 1.29 is 4.79 Å². The van der Waals surface area contributed by atoms with Crippen molar-refractivity contribution in [2.24, 2.45) is 5.92 Å². The molecule has 1 aromatic heterocycles. The summed E-state index contributed by atoms with van der Waals surface area (Å²) in [6, 6.07) is 0. The number of hydrogen-bond acceptors (Lipinski definition) is 4. The van der Waals surface area contributed by atoms with Crippen LogP contribution in [0.4, 0.5) is 5.13 Å². The van der Waals surface area contributed by atoms with Crippen LogP contribution in [0.15, 0.2) is 5.38 Å². The van der Waals surface area contributed by atoms with Gasteiger partial charge in [0.1, 0.15) is 0 Å². The van der Waals surface area contributed by atoms with Gasteiger partial charge in [0.15, 0.2) is 5.13 Å².